The zero-order valence-electron chi connectivity index (χ0n) is 22.4. The third-order valence-corrected chi connectivity index (χ3v) is 8.73. The van der Waals surface area contributed by atoms with E-state index in [-0.39, 0.29) is 0 Å². The van der Waals surface area contributed by atoms with Gasteiger partial charge in [-0.2, -0.15) is 0 Å². The number of hydrogen-bond donors (Lipinski definition) is 0. The summed E-state index contributed by atoms with van der Waals surface area (Å²) in [6.07, 6.45) is 8.45. The Hall–Kier alpha value is -5.32. The first-order valence-electron chi connectivity index (χ1n) is 14.2. The molecule has 0 radical (unpaired) electrons. The highest BCUT2D eigenvalue weighted by atomic mass is 16.3. The Morgan fingerprint density at radius 1 is 0.585 bits per heavy atom. The van der Waals surface area contributed by atoms with Crippen LogP contribution in [0, 0.1) is 11.8 Å². The van der Waals surface area contributed by atoms with Crippen molar-refractivity contribution in [1.29, 1.82) is 0 Å². The fourth-order valence-corrected chi connectivity index (χ4v) is 6.94. The second kappa shape index (κ2) is 8.59. The molecule has 0 bridgehead atoms. The molecule has 1 heteroatoms. The van der Waals surface area contributed by atoms with Crippen molar-refractivity contribution in [3.63, 3.8) is 0 Å². The van der Waals surface area contributed by atoms with Gasteiger partial charge in [0.2, 0.25) is 0 Å². The van der Waals surface area contributed by atoms with E-state index in [4.69, 9.17) is 4.42 Å². The minimum atomic E-state index is 0.806. The van der Waals surface area contributed by atoms with Crippen LogP contribution in [0.3, 0.4) is 0 Å². The Balaban J connectivity index is 1.29. The van der Waals surface area contributed by atoms with Gasteiger partial charge in [-0.05, 0) is 85.1 Å². The Bertz CT molecular complexity index is 2310. The van der Waals surface area contributed by atoms with Crippen molar-refractivity contribution in [2.24, 2.45) is 0 Å². The lowest BCUT2D eigenvalue weighted by Gasteiger charge is -2.18. The number of rotatable bonds is 2. The molecule has 0 saturated heterocycles. The van der Waals surface area contributed by atoms with E-state index < -0.39 is 0 Å². The maximum atomic E-state index is 6.31. The molecule has 0 unspecified atom stereocenters. The quantitative estimate of drug-likeness (QED) is 0.163. The summed E-state index contributed by atoms with van der Waals surface area (Å²) in [6, 6.07) is 37.2. The van der Waals surface area contributed by atoms with E-state index in [2.05, 4.69) is 121 Å². The summed E-state index contributed by atoms with van der Waals surface area (Å²) in [6.45, 7) is 0. The number of hydrogen-bond acceptors (Lipinski definition) is 1. The smallest absolute Gasteiger partial charge is 0.136 e. The van der Waals surface area contributed by atoms with Crippen LogP contribution < -0.4 is 0 Å². The lowest BCUT2D eigenvalue weighted by molar-refractivity contribution is 0.669. The summed E-state index contributed by atoms with van der Waals surface area (Å²) >= 11 is 0. The zero-order chi connectivity index (χ0) is 26.9. The van der Waals surface area contributed by atoms with E-state index in [1.165, 1.54) is 66.1 Å². The lowest BCUT2D eigenvalue weighted by Crippen LogP contribution is -1.96. The van der Waals surface area contributed by atoms with Gasteiger partial charge in [-0.15, -0.1) is 0 Å². The molecule has 0 N–H and O–H groups in total. The highest BCUT2D eigenvalue weighted by molar-refractivity contribution is 6.21. The molecule has 7 aromatic rings. The van der Waals surface area contributed by atoms with Crippen LogP contribution in [-0.4, -0.2) is 0 Å². The van der Waals surface area contributed by atoms with Crippen molar-refractivity contribution < 1.29 is 4.42 Å². The zero-order valence-corrected chi connectivity index (χ0v) is 22.4. The Labute approximate surface area is 238 Å². The molecule has 1 nitrogen and oxygen atoms in total. The number of para-hydroxylation sites is 1. The van der Waals surface area contributed by atoms with Crippen LogP contribution in [0.1, 0.15) is 34.2 Å². The lowest BCUT2D eigenvalue weighted by atomic mass is 9.85. The van der Waals surface area contributed by atoms with Gasteiger partial charge in [-0.3, -0.25) is 0 Å². The summed E-state index contributed by atoms with van der Waals surface area (Å²) in [7, 11) is 0. The number of fused-ring (bicyclic) bond motifs is 8. The van der Waals surface area contributed by atoms with Crippen LogP contribution in [0.2, 0.25) is 0 Å². The van der Waals surface area contributed by atoms with E-state index in [0.717, 1.165) is 34.8 Å². The Morgan fingerprint density at radius 2 is 1.24 bits per heavy atom. The van der Waals surface area contributed by atoms with Gasteiger partial charge in [0, 0.05) is 22.8 Å². The molecule has 0 aliphatic heterocycles. The monoisotopic (exact) mass is 520 g/mol. The van der Waals surface area contributed by atoms with Gasteiger partial charge in [0.25, 0.3) is 0 Å². The van der Waals surface area contributed by atoms with Gasteiger partial charge in [0.15, 0.2) is 0 Å². The van der Waals surface area contributed by atoms with Crippen LogP contribution in [0.15, 0.2) is 114 Å². The maximum Gasteiger partial charge on any atom is 0.136 e. The Morgan fingerprint density at radius 3 is 2.02 bits per heavy atom. The molecule has 0 amide bonds. The first-order valence-corrected chi connectivity index (χ1v) is 14.2. The SMILES string of the molecule is C1#Cc2c(ccc3c2CC(c2c4ccccc4c(-c4ccc5c(c4)oc4ccccc45)c4ccccc24)=C3)C=CC1. The molecule has 41 heavy (non-hydrogen) atoms. The first kappa shape index (κ1) is 22.5. The van der Waals surface area contributed by atoms with Gasteiger partial charge >= 0.3 is 0 Å². The predicted molar refractivity (Wildman–Crippen MR) is 173 cm³/mol. The number of benzene rings is 6. The van der Waals surface area contributed by atoms with Crippen molar-refractivity contribution >= 4 is 61.2 Å². The second-order valence-electron chi connectivity index (χ2n) is 11.0. The molecule has 0 atom stereocenters. The van der Waals surface area contributed by atoms with Crippen molar-refractivity contribution in [3.05, 3.63) is 137 Å². The molecular weight excluding hydrogens is 496 g/mol. The normalized spacial score (nSPS) is 13.7. The first-order chi connectivity index (χ1) is 20.3. The van der Waals surface area contributed by atoms with E-state index in [1.807, 2.05) is 12.1 Å². The molecule has 0 saturated carbocycles. The van der Waals surface area contributed by atoms with Crippen molar-refractivity contribution in [2.75, 3.05) is 0 Å². The molecule has 6 aromatic carbocycles. The average Bonchev–Trinajstić information content (AvgIpc) is 3.52. The molecule has 2 aliphatic carbocycles. The van der Waals surface area contributed by atoms with Gasteiger partial charge < -0.3 is 4.42 Å². The largest absolute Gasteiger partial charge is 0.456 e. The highest BCUT2D eigenvalue weighted by Gasteiger charge is 2.24. The van der Waals surface area contributed by atoms with Crippen molar-refractivity contribution in [1.82, 2.24) is 0 Å². The Kier molecular flexibility index (Phi) is 4.71. The molecular formula is C40H24O. The van der Waals surface area contributed by atoms with Gasteiger partial charge in [0.1, 0.15) is 11.2 Å². The number of furan rings is 1. The van der Waals surface area contributed by atoms with Crippen LogP contribution in [0.25, 0.3) is 72.3 Å². The van der Waals surface area contributed by atoms with Crippen molar-refractivity contribution in [3.8, 4) is 23.0 Å². The van der Waals surface area contributed by atoms with Crippen LogP contribution in [0.4, 0.5) is 0 Å². The minimum absolute atomic E-state index is 0.806. The highest BCUT2D eigenvalue weighted by Crippen LogP contribution is 2.46. The van der Waals surface area contributed by atoms with E-state index >= 15 is 0 Å². The topological polar surface area (TPSA) is 13.1 Å². The van der Waals surface area contributed by atoms with Gasteiger partial charge in [-0.1, -0.05) is 115 Å². The van der Waals surface area contributed by atoms with Crippen LogP contribution in [-0.2, 0) is 6.42 Å². The molecule has 0 fully saturated rings. The molecule has 1 heterocycles. The van der Waals surface area contributed by atoms with E-state index in [0.29, 0.717) is 0 Å². The van der Waals surface area contributed by atoms with Crippen LogP contribution >= 0.6 is 0 Å². The van der Waals surface area contributed by atoms with E-state index in [1.54, 1.807) is 0 Å². The molecule has 2 aliphatic rings. The fraction of sp³-hybridized carbons (Fsp3) is 0.0500. The maximum absolute atomic E-state index is 6.31. The third-order valence-electron chi connectivity index (χ3n) is 8.73. The summed E-state index contributed by atoms with van der Waals surface area (Å²) in [5.41, 5.74) is 12.0. The average molecular weight is 521 g/mol. The molecule has 1 aromatic heterocycles. The summed E-state index contributed by atoms with van der Waals surface area (Å²) in [5, 5.41) is 7.39. The predicted octanol–water partition coefficient (Wildman–Crippen LogP) is 10.4. The second-order valence-corrected chi connectivity index (χ2v) is 11.0. The minimum Gasteiger partial charge on any atom is -0.456 e. The molecule has 190 valence electrons. The van der Waals surface area contributed by atoms with Crippen molar-refractivity contribution in [2.45, 2.75) is 12.8 Å². The van der Waals surface area contributed by atoms with Gasteiger partial charge in [0.05, 0.1) is 0 Å². The van der Waals surface area contributed by atoms with E-state index in [9.17, 15) is 0 Å². The standard InChI is InChI=1S/C40H24O/c1-2-10-25-18-19-26-22-28(23-36(26)29(25)11-3-1)40-34-15-6-4-13-32(34)39(33-14-5-7-16-35(33)40)27-20-21-31-30-12-8-9-17-37(30)41-38(31)24-27/h2,4-10,12-22,24H,1,23H2. The summed E-state index contributed by atoms with van der Waals surface area (Å²) in [4.78, 5) is 0. The molecule has 9 rings (SSSR count). The molecule has 0 spiro atoms. The van der Waals surface area contributed by atoms with Crippen LogP contribution in [0.5, 0.6) is 0 Å². The summed E-state index contributed by atoms with van der Waals surface area (Å²) < 4.78 is 6.31. The number of allylic oxidation sites excluding steroid dienone is 2. The summed E-state index contributed by atoms with van der Waals surface area (Å²) in [5.74, 6) is 6.80. The third kappa shape index (κ3) is 3.32. The fourth-order valence-electron chi connectivity index (χ4n) is 6.94. The van der Waals surface area contributed by atoms with Gasteiger partial charge in [-0.25, -0.2) is 0 Å².